The van der Waals surface area contributed by atoms with E-state index in [-0.39, 0.29) is 11.6 Å². The van der Waals surface area contributed by atoms with Gasteiger partial charge in [-0.2, -0.15) is 0 Å². The third-order valence-corrected chi connectivity index (χ3v) is 3.31. The third-order valence-electron chi connectivity index (χ3n) is 3.31. The summed E-state index contributed by atoms with van der Waals surface area (Å²) in [6.45, 7) is 16.4. The molecule has 0 amide bonds. The van der Waals surface area contributed by atoms with E-state index in [1.807, 2.05) is 6.92 Å². The Morgan fingerprint density at radius 1 is 1.53 bits per heavy atom. The van der Waals surface area contributed by atoms with Crippen LogP contribution in [0.25, 0.3) is 0 Å². The van der Waals surface area contributed by atoms with Gasteiger partial charge < -0.3 is 10.4 Å². The molecule has 0 aromatic carbocycles. The lowest BCUT2D eigenvalue weighted by Crippen LogP contribution is -2.38. The second kappa shape index (κ2) is 5.98. The van der Waals surface area contributed by atoms with E-state index in [4.69, 9.17) is 0 Å². The van der Waals surface area contributed by atoms with E-state index in [0.29, 0.717) is 5.92 Å². The molecule has 17 heavy (non-hydrogen) atoms. The molecule has 100 valence electrons. The van der Waals surface area contributed by atoms with Gasteiger partial charge in [-0.3, -0.25) is 4.90 Å². The highest BCUT2D eigenvalue weighted by molar-refractivity contribution is 5.02. The second-order valence-electron chi connectivity index (χ2n) is 6.38. The molecule has 0 bridgehead atoms. The topological polar surface area (TPSA) is 35.5 Å². The molecule has 0 saturated carbocycles. The standard InChI is InChI=1S/C14H28N2O/c1-11(8-15-14(3,4)5)9-16-7-6-13(10-16)12(2)17/h12-13,15,17H,1,6-10H2,2-5H3. The number of rotatable bonds is 5. The van der Waals surface area contributed by atoms with Gasteiger partial charge in [0, 0.05) is 25.2 Å². The molecule has 1 aliphatic rings. The molecule has 0 aromatic rings. The average molecular weight is 240 g/mol. The van der Waals surface area contributed by atoms with Gasteiger partial charge in [0.1, 0.15) is 0 Å². The van der Waals surface area contributed by atoms with Gasteiger partial charge in [0.2, 0.25) is 0 Å². The predicted molar refractivity (Wildman–Crippen MR) is 73.1 cm³/mol. The highest BCUT2D eigenvalue weighted by atomic mass is 16.3. The van der Waals surface area contributed by atoms with E-state index < -0.39 is 0 Å². The van der Waals surface area contributed by atoms with Crippen molar-refractivity contribution in [2.24, 2.45) is 5.92 Å². The van der Waals surface area contributed by atoms with Crippen molar-refractivity contribution in [1.82, 2.24) is 10.2 Å². The van der Waals surface area contributed by atoms with Crippen LogP contribution in [0.4, 0.5) is 0 Å². The van der Waals surface area contributed by atoms with E-state index in [9.17, 15) is 5.11 Å². The number of aliphatic hydroxyl groups excluding tert-OH is 1. The highest BCUT2D eigenvalue weighted by Crippen LogP contribution is 2.20. The van der Waals surface area contributed by atoms with E-state index in [0.717, 1.165) is 32.6 Å². The van der Waals surface area contributed by atoms with Crippen LogP contribution < -0.4 is 5.32 Å². The van der Waals surface area contributed by atoms with Crippen molar-refractivity contribution in [1.29, 1.82) is 0 Å². The minimum atomic E-state index is -0.180. The summed E-state index contributed by atoms with van der Waals surface area (Å²) in [7, 11) is 0. The van der Waals surface area contributed by atoms with Crippen LogP contribution in [0.15, 0.2) is 12.2 Å². The predicted octanol–water partition coefficient (Wildman–Crippen LogP) is 1.63. The second-order valence-corrected chi connectivity index (χ2v) is 6.38. The van der Waals surface area contributed by atoms with Crippen LogP contribution in [0.5, 0.6) is 0 Å². The number of nitrogens with zero attached hydrogens (tertiary/aromatic N) is 1. The van der Waals surface area contributed by atoms with Gasteiger partial charge in [0.15, 0.2) is 0 Å². The molecule has 0 spiro atoms. The van der Waals surface area contributed by atoms with Crippen molar-refractivity contribution in [2.75, 3.05) is 26.2 Å². The lowest BCUT2D eigenvalue weighted by molar-refractivity contribution is 0.128. The Kier molecular flexibility index (Phi) is 5.17. The number of hydrogen-bond acceptors (Lipinski definition) is 3. The molecular weight excluding hydrogens is 212 g/mol. The number of nitrogens with one attached hydrogen (secondary N) is 1. The zero-order valence-electron chi connectivity index (χ0n) is 11.8. The van der Waals surface area contributed by atoms with Crippen molar-refractivity contribution in [3.8, 4) is 0 Å². The van der Waals surface area contributed by atoms with Gasteiger partial charge in [-0.05, 0) is 52.2 Å². The molecule has 1 aliphatic heterocycles. The van der Waals surface area contributed by atoms with Gasteiger partial charge in [-0.25, -0.2) is 0 Å². The normalized spacial score (nSPS) is 23.9. The molecule has 0 radical (unpaired) electrons. The van der Waals surface area contributed by atoms with E-state index in [1.165, 1.54) is 5.57 Å². The van der Waals surface area contributed by atoms with Gasteiger partial charge in [-0.15, -0.1) is 0 Å². The van der Waals surface area contributed by atoms with Crippen LogP contribution in [0.2, 0.25) is 0 Å². The molecule has 3 heteroatoms. The monoisotopic (exact) mass is 240 g/mol. The van der Waals surface area contributed by atoms with Crippen LogP contribution >= 0.6 is 0 Å². The Labute approximate surface area is 106 Å². The maximum absolute atomic E-state index is 9.55. The quantitative estimate of drug-likeness (QED) is 0.717. The Balaban J connectivity index is 2.24. The van der Waals surface area contributed by atoms with Crippen LogP contribution in [0.3, 0.4) is 0 Å². The molecule has 2 N–H and O–H groups in total. The van der Waals surface area contributed by atoms with Gasteiger partial charge >= 0.3 is 0 Å². The lowest BCUT2D eigenvalue weighted by Gasteiger charge is -2.23. The first-order valence-corrected chi connectivity index (χ1v) is 6.60. The summed E-state index contributed by atoms with van der Waals surface area (Å²) >= 11 is 0. The van der Waals surface area contributed by atoms with Crippen molar-refractivity contribution in [3.05, 3.63) is 12.2 Å². The molecule has 1 saturated heterocycles. The van der Waals surface area contributed by atoms with Gasteiger partial charge in [0.05, 0.1) is 6.10 Å². The smallest absolute Gasteiger partial charge is 0.0552 e. The Hall–Kier alpha value is -0.380. The zero-order chi connectivity index (χ0) is 13.1. The molecule has 2 atom stereocenters. The maximum atomic E-state index is 9.55. The summed E-state index contributed by atoms with van der Waals surface area (Å²) < 4.78 is 0. The summed E-state index contributed by atoms with van der Waals surface area (Å²) in [6, 6.07) is 0. The first kappa shape index (κ1) is 14.7. The molecule has 3 nitrogen and oxygen atoms in total. The fourth-order valence-electron chi connectivity index (χ4n) is 2.16. The van der Waals surface area contributed by atoms with Crippen molar-refractivity contribution in [2.45, 2.75) is 45.8 Å². The summed E-state index contributed by atoms with van der Waals surface area (Å²) in [6.07, 6.45) is 0.929. The number of hydrogen-bond donors (Lipinski definition) is 2. The summed E-state index contributed by atoms with van der Waals surface area (Å²) in [5, 5.41) is 13.0. The molecule has 0 aromatic heterocycles. The molecule has 0 aliphatic carbocycles. The van der Waals surface area contributed by atoms with Crippen molar-refractivity contribution >= 4 is 0 Å². The lowest BCUT2D eigenvalue weighted by atomic mass is 10.0. The Morgan fingerprint density at radius 3 is 2.65 bits per heavy atom. The fourth-order valence-corrected chi connectivity index (χ4v) is 2.16. The van der Waals surface area contributed by atoms with E-state index >= 15 is 0 Å². The number of aliphatic hydroxyl groups is 1. The third kappa shape index (κ3) is 5.66. The average Bonchev–Trinajstić information content (AvgIpc) is 2.62. The van der Waals surface area contributed by atoms with Crippen molar-refractivity contribution < 1.29 is 5.11 Å². The maximum Gasteiger partial charge on any atom is 0.0552 e. The van der Waals surface area contributed by atoms with Crippen LogP contribution in [0, 0.1) is 5.92 Å². The zero-order valence-corrected chi connectivity index (χ0v) is 11.8. The minimum Gasteiger partial charge on any atom is -0.393 e. The fraction of sp³-hybridized carbons (Fsp3) is 0.857. The summed E-state index contributed by atoms with van der Waals surface area (Å²) in [5.41, 5.74) is 1.38. The molecule has 1 rings (SSSR count). The van der Waals surface area contributed by atoms with Crippen molar-refractivity contribution in [3.63, 3.8) is 0 Å². The summed E-state index contributed by atoms with van der Waals surface area (Å²) in [5.74, 6) is 0.443. The molecular formula is C14H28N2O. The van der Waals surface area contributed by atoms with Crippen LogP contribution in [-0.4, -0.2) is 47.8 Å². The first-order valence-electron chi connectivity index (χ1n) is 6.60. The summed E-state index contributed by atoms with van der Waals surface area (Å²) in [4.78, 5) is 2.39. The Bertz CT molecular complexity index is 255. The first-order chi connectivity index (χ1) is 7.78. The van der Waals surface area contributed by atoms with E-state index in [1.54, 1.807) is 0 Å². The Morgan fingerprint density at radius 2 is 2.18 bits per heavy atom. The van der Waals surface area contributed by atoms with E-state index in [2.05, 4.69) is 37.6 Å². The molecule has 2 unspecified atom stereocenters. The molecule has 1 fully saturated rings. The highest BCUT2D eigenvalue weighted by Gasteiger charge is 2.25. The van der Waals surface area contributed by atoms with Gasteiger partial charge in [-0.1, -0.05) is 6.58 Å². The SMILES string of the molecule is C=C(CNC(C)(C)C)CN1CCC(C(C)O)C1. The number of likely N-dealkylation sites (tertiary alicyclic amines) is 1. The minimum absolute atomic E-state index is 0.149. The molecule has 1 heterocycles. The van der Waals surface area contributed by atoms with Crippen LogP contribution in [-0.2, 0) is 0 Å². The largest absolute Gasteiger partial charge is 0.393 e. The van der Waals surface area contributed by atoms with Crippen LogP contribution in [0.1, 0.15) is 34.1 Å². The van der Waals surface area contributed by atoms with Gasteiger partial charge in [0.25, 0.3) is 0 Å².